The largest absolute Gasteiger partial charge is 0.382 e. The molecule has 2 aromatic heterocycles. The molecule has 0 aliphatic carbocycles. The van der Waals surface area contributed by atoms with Crippen molar-refractivity contribution in [1.82, 2.24) is 19.5 Å². The number of hydrogen-bond donors (Lipinski definition) is 2. The van der Waals surface area contributed by atoms with Crippen LogP contribution in [0.25, 0.3) is 11.2 Å². The normalized spacial score (nSPS) is 19.3. The molecule has 0 aromatic carbocycles. The lowest BCUT2D eigenvalue weighted by molar-refractivity contribution is -0.0169. The van der Waals surface area contributed by atoms with Gasteiger partial charge in [-0.1, -0.05) is 103 Å². The number of nitrogen functional groups attached to an aromatic ring is 2. The lowest BCUT2D eigenvalue weighted by Gasteiger charge is -2.29. The van der Waals surface area contributed by atoms with Gasteiger partial charge in [0.25, 0.3) is 0 Å². The molecule has 0 radical (unpaired) electrons. The minimum atomic E-state index is -3.29. The fourth-order valence-electron chi connectivity index (χ4n) is 5.08. The summed E-state index contributed by atoms with van der Waals surface area (Å²) >= 11 is 0. The Kier molecular flexibility index (Phi) is 16.0. The average Bonchev–Trinajstić information content (AvgIpc) is 3.36. The molecule has 1 unspecified atom stereocenters. The standard InChI is InChI=1S/C29H53N6O5P/c1-2-3-4-5-6-7-8-9-10-11-12-13-14-15-16-17-18-37-19-20-39-41(36)24-38-25(22-40-41)21-35-23-32-26-27(30)33-29(31)34-28(26)35/h23,25H,2-22,24H2,1H3,(H4,30,31,33,34)/t25-,41?/m0/s1. The summed E-state index contributed by atoms with van der Waals surface area (Å²) in [6, 6.07) is 0. The molecule has 12 heteroatoms. The van der Waals surface area contributed by atoms with Crippen LogP contribution in [-0.4, -0.2) is 58.4 Å². The Labute approximate surface area is 246 Å². The van der Waals surface area contributed by atoms with E-state index in [0.717, 1.165) is 6.42 Å². The first-order valence-corrected chi connectivity index (χ1v) is 17.5. The molecule has 1 aliphatic rings. The van der Waals surface area contributed by atoms with Gasteiger partial charge in [0.2, 0.25) is 5.95 Å². The molecular weight excluding hydrogens is 543 g/mol. The minimum Gasteiger partial charge on any atom is -0.382 e. The van der Waals surface area contributed by atoms with Gasteiger partial charge in [-0.2, -0.15) is 9.97 Å². The molecule has 1 aliphatic heterocycles. The van der Waals surface area contributed by atoms with E-state index in [1.54, 1.807) is 10.9 Å². The summed E-state index contributed by atoms with van der Waals surface area (Å²) in [5.41, 5.74) is 12.6. The van der Waals surface area contributed by atoms with Crippen LogP contribution >= 0.6 is 7.60 Å². The molecule has 3 rings (SSSR count). The molecule has 0 saturated carbocycles. The average molecular weight is 597 g/mol. The molecule has 3 heterocycles. The minimum absolute atomic E-state index is 0.0764. The second-order valence-corrected chi connectivity index (χ2v) is 13.1. The zero-order valence-corrected chi connectivity index (χ0v) is 26.0. The van der Waals surface area contributed by atoms with E-state index in [2.05, 4.69) is 21.9 Å². The van der Waals surface area contributed by atoms with Gasteiger partial charge in [0.15, 0.2) is 11.5 Å². The predicted molar refractivity (Wildman–Crippen MR) is 164 cm³/mol. The van der Waals surface area contributed by atoms with Crippen molar-refractivity contribution in [3.05, 3.63) is 6.33 Å². The van der Waals surface area contributed by atoms with E-state index >= 15 is 0 Å². The molecule has 0 spiro atoms. The molecule has 0 bridgehead atoms. The fraction of sp³-hybridized carbons (Fsp3) is 0.828. The van der Waals surface area contributed by atoms with Gasteiger partial charge in [0, 0.05) is 6.61 Å². The molecular formula is C29H53N6O5P. The van der Waals surface area contributed by atoms with Gasteiger partial charge in [0.05, 0.1) is 32.7 Å². The fourth-order valence-corrected chi connectivity index (χ4v) is 6.45. The Morgan fingerprint density at radius 2 is 1.49 bits per heavy atom. The molecule has 1 fully saturated rings. The first-order chi connectivity index (χ1) is 20.0. The van der Waals surface area contributed by atoms with Crippen molar-refractivity contribution in [2.45, 2.75) is 122 Å². The number of nitrogens with two attached hydrogens (primary N) is 2. The summed E-state index contributed by atoms with van der Waals surface area (Å²) in [6.45, 7) is 4.11. The molecule has 4 N–H and O–H groups in total. The second kappa shape index (κ2) is 19.4. The molecule has 1 saturated heterocycles. The third-order valence-corrected chi connectivity index (χ3v) is 9.08. The summed E-state index contributed by atoms with van der Waals surface area (Å²) in [4.78, 5) is 12.4. The van der Waals surface area contributed by atoms with Crippen molar-refractivity contribution < 1.29 is 23.1 Å². The van der Waals surface area contributed by atoms with Gasteiger partial charge < -0.3 is 34.6 Å². The highest BCUT2D eigenvalue weighted by molar-refractivity contribution is 7.53. The van der Waals surface area contributed by atoms with Crippen molar-refractivity contribution in [3.8, 4) is 0 Å². The van der Waals surface area contributed by atoms with Crippen LogP contribution < -0.4 is 11.5 Å². The maximum atomic E-state index is 12.8. The van der Waals surface area contributed by atoms with E-state index in [0.29, 0.717) is 30.9 Å². The van der Waals surface area contributed by atoms with E-state index < -0.39 is 7.60 Å². The number of unbranched alkanes of at least 4 members (excludes halogenated alkanes) is 15. The van der Waals surface area contributed by atoms with Crippen molar-refractivity contribution >= 4 is 30.5 Å². The van der Waals surface area contributed by atoms with Crippen molar-refractivity contribution in [3.63, 3.8) is 0 Å². The highest BCUT2D eigenvalue weighted by Crippen LogP contribution is 2.50. The Balaban J connectivity index is 1.10. The summed E-state index contributed by atoms with van der Waals surface area (Å²) in [7, 11) is -3.29. The summed E-state index contributed by atoms with van der Waals surface area (Å²) in [5, 5.41) is 0. The number of aromatic nitrogens is 4. The Morgan fingerprint density at radius 3 is 2.07 bits per heavy atom. The Hall–Kier alpha value is -1.78. The van der Waals surface area contributed by atoms with Crippen LogP contribution in [0.5, 0.6) is 0 Å². The zero-order chi connectivity index (χ0) is 29.2. The number of ether oxygens (including phenoxy) is 2. The summed E-state index contributed by atoms with van der Waals surface area (Å²) in [5.74, 6) is 0.300. The van der Waals surface area contributed by atoms with E-state index in [1.807, 2.05) is 0 Å². The van der Waals surface area contributed by atoms with Crippen LogP contribution in [0.3, 0.4) is 0 Å². The maximum absolute atomic E-state index is 12.8. The molecule has 11 nitrogen and oxygen atoms in total. The van der Waals surface area contributed by atoms with Crippen molar-refractivity contribution in [2.75, 3.05) is 44.2 Å². The van der Waals surface area contributed by atoms with Gasteiger partial charge in [-0.25, -0.2) is 4.98 Å². The number of rotatable bonds is 23. The predicted octanol–water partition coefficient (Wildman–Crippen LogP) is 6.85. The van der Waals surface area contributed by atoms with Crippen LogP contribution in [0, 0.1) is 0 Å². The first-order valence-electron chi connectivity index (χ1n) is 15.8. The molecule has 0 amide bonds. The SMILES string of the molecule is CCCCCCCCCCCCCCCCCCOCCOP1(=O)CO[C@@H](Cn2cnc3c(N)nc(N)nc32)CO1. The lowest BCUT2D eigenvalue weighted by Crippen LogP contribution is -2.30. The number of nitrogens with zero attached hydrogens (tertiary/aromatic N) is 4. The smallest absolute Gasteiger partial charge is 0.356 e. The number of anilines is 2. The van der Waals surface area contributed by atoms with Gasteiger partial charge in [0.1, 0.15) is 18.0 Å². The zero-order valence-electron chi connectivity index (χ0n) is 25.1. The van der Waals surface area contributed by atoms with Crippen LogP contribution in [0.4, 0.5) is 11.8 Å². The van der Waals surface area contributed by atoms with Gasteiger partial charge in [-0.15, -0.1) is 0 Å². The van der Waals surface area contributed by atoms with Gasteiger partial charge >= 0.3 is 7.60 Å². The van der Waals surface area contributed by atoms with Crippen LogP contribution in [-0.2, 0) is 29.6 Å². The summed E-state index contributed by atoms with van der Waals surface area (Å²) in [6.07, 6.45) is 22.8. The number of hydrogen-bond acceptors (Lipinski definition) is 10. The summed E-state index contributed by atoms with van der Waals surface area (Å²) < 4.78 is 37.0. The van der Waals surface area contributed by atoms with Crippen LogP contribution in [0.2, 0.25) is 0 Å². The van der Waals surface area contributed by atoms with E-state index in [1.165, 1.54) is 96.3 Å². The highest BCUT2D eigenvalue weighted by Gasteiger charge is 2.33. The number of imidazole rings is 1. The molecule has 234 valence electrons. The van der Waals surface area contributed by atoms with Gasteiger partial charge in [-0.05, 0) is 6.42 Å². The van der Waals surface area contributed by atoms with Crippen molar-refractivity contribution in [1.29, 1.82) is 0 Å². The molecule has 41 heavy (non-hydrogen) atoms. The third-order valence-electron chi connectivity index (χ3n) is 7.49. The topological polar surface area (TPSA) is 150 Å². The van der Waals surface area contributed by atoms with Crippen LogP contribution in [0.15, 0.2) is 6.33 Å². The van der Waals surface area contributed by atoms with E-state index in [4.69, 9.17) is 30.0 Å². The molecule has 2 aromatic rings. The van der Waals surface area contributed by atoms with E-state index in [9.17, 15) is 4.57 Å². The van der Waals surface area contributed by atoms with Gasteiger partial charge in [-0.3, -0.25) is 4.57 Å². The molecule has 2 atom stereocenters. The van der Waals surface area contributed by atoms with Crippen LogP contribution in [0.1, 0.15) is 110 Å². The maximum Gasteiger partial charge on any atom is 0.356 e. The third kappa shape index (κ3) is 13.0. The first kappa shape index (κ1) is 33.7. The Bertz CT molecular complexity index is 1030. The van der Waals surface area contributed by atoms with E-state index in [-0.39, 0.29) is 37.4 Å². The lowest BCUT2D eigenvalue weighted by atomic mass is 10.0. The Morgan fingerprint density at radius 1 is 0.878 bits per heavy atom. The second-order valence-electron chi connectivity index (χ2n) is 11.1. The van der Waals surface area contributed by atoms with Crippen molar-refractivity contribution in [2.24, 2.45) is 0 Å². The number of fused-ring (bicyclic) bond motifs is 1. The highest BCUT2D eigenvalue weighted by atomic mass is 31.2. The quantitative estimate of drug-likeness (QED) is 0.103. The monoisotopic (exact) mass is 596 g/mol.